The van der Waals surface area contributed by atoms with Crippen LogP contribution in [0.25, 0.3) is 44.9 Å². The lowest BCUT2D eigenvalue weighted by molar-refractivity contribution is -0.124. The Bertz CT molecular complexity index is 3320. The number of methoxy groups -OCH3 is 1. The number of amides is 3. The van der Waals surface area contributed by atoms with Crippen molar-refractivity contribution in [3.63, 3.8) is 0 Å². The fraction of sp³-hybridized carbons (Fsp3) is 0.208. The number of rotatable bonds is 9. The van der Waals surface area contributed by atoms with Gasteiger partial charge in [0.05, 0.1) is 17.4 Å². The summed E-state index contributed by atoms with van der Waals surface area (Å²) >= 11 is 0. The number of aromatic nitrogens is 3. The van der Waals surface area contributed by atoms with Crippen molar-refractivity contribution < 1.29 is 47.0 Å². The molecular formula is C53H44N6O10. The fourth-order valence-corrected chi connectivity index (χ4v) is 9.60. The van der Waals surface area contributed by atoms with Crippen molar-refractivity contribution in [1.29, 1.82) is 0 Å². The van der Waals surface area contributed by atoms with E-state index in [0.717, 1.165) is 27.6 Å². The molecule has 8 aromatic rings. The largest absolute Gasteiger partial charge is 0.514 e. The summed E-state index contributed by atoms with van der Waals surface area (Å²) in [5.41, 5.74) is 4.12. The first-order valence-electron chi connectivity index (χ1n) is 22.4. The maximum atomic E-state index is 15.8. The number of nitrogens with one attached hydrogen (secondary N) is 3. The summed E-state index contributed by atoms with van der Waals surface area (Å²) in [6.07, 6.45) is 1.57. The van der Waals surface area contributed by atoms with Crippen LogP contribution in [0.1, 0.15) is 59.4 Å². The van der Waals surface area contributed by atoms with E-state index in [2.05, 4.69) is 16.0 Å². The predicted octanol–water partition coefficient (Wildman–Crippen LogP) is 9.20. The minimum Gasteiger partial charge on any atom is -0.445 e. The summed E-state index contributed by atoms with van der Waals surface area (Å²) in [5.74, 6) is -1.09. The third-order valence-corrected chi connectivity index (χ3v) is 12.8. The second kappa shape index (κ2) is 17.3. The zero-order valence-corrected chi connectivity index (χ0v) is 37.6. The number of ether oxygens (including phenoxy) is 4. The van der Waals surface area contributed by atoms with E-state index in [-0.39, 0.29) is 66.8 Å². The van der Waals surface area contributed by atoms with Crippen LogP contribution >= 0.6 is 0 Å². The van der Waals surface area contributed by atoms with Crippen LogP contribution < -0.4 is 20.7 Å². The van der Waals surface area contributed by atoms with E-state index in [1.54, 1.807) is 25.4 Å². The number of hydrogen-bond donors (Lipinski definition) is 3. The van der Waals surface area contributed by atoms with Gasteiger partial charge in [0.1, 0.15) is 37.8 Å². The summed E-state index contributed by atoms with van der Waals surface area (Å²) in [4.78, 5) is 67.6. The fourth-order valence-electron chi connectivity index (χ4n) is 9.60. The smallest absolute Gasteiger partial charge is 0.445 e. The average Bonchev–Trinajstić information content (AvgIpc) is 4.16. The third-order valence-electron chi connectivity index (χ3n) is 12.8. The van der Waals surface area contributed by atoms with Gasteiger partial charge >= 0.3 is 12.2 Å². The molecule has 6 heterocycles. The predicted molar refractivity (Wildman–Crippen MR) is 251 cm³/mol. The molecule has 346 valence electrons. The molecule has 0 saturated carbocycles. The van der Waals surface area contributed by atoms with Gasteiger partial charge in [-0.1, -0.05) is 117 Å². The van der Waals surface area contributed by atoms with Crippen molar-refractivity contribution >= 4 is 40.7 Å². The number of hydrogen-bond acceptors (Lipinski definition) is 12. The maximum Gasteiger partial charge on any atom is 0.514 e. The number of anilines is 1. The van der Waals surface area contributed by atoms with Gasteiger partial charge in [-0.15, -0.1) is 0 Å². The lowest BCUT2D eigenvalue weighted by Crippen LogP contribution is -2.49. The topological polar surface area (TPSA) is 198 Å². The quantitative estimate of drug-likeness (QED) is 0.0918. The molecular weight excluding hydrogens is 881 g/mol. The number of para-hydroxylation sites is 1. The van der Waals surface area contributed by atoms with Crippen molar-refractivity contribution in [2.75, 3.05) is 12.4 Å². The number of carbonyl (C=O) groups is 4. The minimum atomic E-state index is -1.98. The van der Waals surface area contributed by atoms with Crippen LogP contribution in [0.4, 0.5) is 15.3 Å². The number of oxazole rings is 2. The molecule has 3 atom stereocenters. The maximum absolute atomic E-state index is 15.8. The number of alkyl carbamates (subject to hydrolysis) is 1. The van der Waals surface area contributed by atoms with Gasteiger partial charge in [-0.05, 0) is 40.3 Å². The molecule has 16 heteroatoms. The van der Waals surface area contributed by atoms with Crippen molar-refractivity contribution in [3.05, 3.63) is 167 Å². The van der Waals surface area contributed by atoms with Gasteiger partial charge in [0.15, 0.2) is 22.6 Å². The molecule has 10 bridgehead atoms. The van der Waals surface area contributed by atoms with Crippen molar-refractivity contribution in [2.45, 2.75) is 57.7 Å². The van der Waals surface area contributed by atoms with Crippen LogP contribution in [0.5, 0.6) is 5.75 Å². The van der Waals surface area contributed by atoms with Crippen molar-refractivity contribution in [2.24, 2.45) is 5.92 Å². The van der Waals surface area contributed by atoms with Gasteiger partial charge < -0.3 is 48.3 Å². The highest BCUT2D eigenvalue weighted by Crippen LogP contribution is 2.57. The van der Waals surface area contributed by atoms with E-state index in [1.807, 2.05) is 122 Å². The van der Waals surface area contributed by atoms with E-state index >= 15 is 4.79 Å². The first kappa shape index (κ1) is 43.1. The molecule has 0 radical (unpaired) electrons. The summed E-state index contributed by atoms with van der Waals surface area (Å²) in [5, 5.41) is 9.91. The number of fused-ring (bicyclic) bond motifs is 8. The highest BCUT2D eigenvalue weighted by atomic mass is 16.7. The molecule has 69 heavy (non-hydrogen) atoms. The van der Waals surface area contributed by atoms with Gasteiger partial charge in [-0.3, -0.25) is 9.59 Å². The Balaban J connectivity index is 1.15. The van der Waals surface area contributed by atoms with Crippen LogP contribution in [0.2, 0.25) is 0 Å². The number of carbonyl (C=O) groups excluding carboxylic acids is 4. The Morgan fingerprint density at radius 1 is 0.855 bits per heavy atom. The molecule has 3 N–H and O–H groups in total. The van der Waals surface area contributed by atoms with Crippen molar-refractivity contribution in [3.8, 4) is 39.8 Å². The zero-order chi connectivity index (χ0) is 47.4. The normalized spacial score (nSPS) is 17.7. The van der Waals surface area contributed by atoms with E-state index in [4.69, 9.17) is 37.7 Å². The van der Waals surface area contributed by atoms with Crippen LogP contribution in [0.3, 0.4) is 0 Å². The first-order valence-corrected chi connectivity index (χ1v) is 22.4. The molecule has 11 rings (SSSR count). The van der Waals surface area contributed by atoms with E-state index in [0.29, 0.717) is 33.7 Å². The third kappa shape index (κ3) is 7.45. The van der Waals surface area contributed by atoms with Crippen LogP contribution in [0, 0.1) is 5.92 Å². The Morgan fingerprint density at radius 2 is 1.59 bits per heavy atom. The van der Waals surface area contributed by atoms with Crippen LogP contribution in [-0.4, -0.2) is 51.7 Å². The summed E-state index contributed by atoms with van der Waals surface area (Å²) < 4.78 is 38.6. The molecule has 3 aromatic heterocycles. The van der Waals surface area contributed by atoms with Gasteiger partial charge in [0.25, 0.3) is 0 Å². The number of nitrogens with zero attached hydrogens (tertiary/aromatic N) is 3. The summed E-state index contributed by atoms with van der Waals surface area (Å²) in [6, 6.07) is 32.5. The molecule has 16 nitrogen and oxygen atoms in total. The lowest BCUT2D eigenvalue weighted by Gasteiger charge is -2.30. The van der Waals surface area contributed by atoms with Crippen LogP contribution in [0.15, 0.2) is 136 Å². The first-order chi connectivity index (χ1) is 33.6. The Kier molecular flexibility index (Phi) is 10.8. The molecule has 1 spiro atoms. The second-order valence-corrected chi connectivity index (χ2v) is 17.5. The van der Waals surface area contributed by atoms with Gasteiger partial charge in [0, 0.05) is 47.4 Å². The minimum absolute atomic E-state index is 0.00505. The molecule has 1 unspecified atom stereocenters. The number of benzene rings is 5. The summed E-state index contributed by atoms with van der Waals surface area (Å²) in [7, 11) is 1.62. The molecule has 0 aliphatic carbocycles. The second-order valence-electron chi connectivity index (χ2n) is 17.5. The lowest BCUT2D eigenvalue weighted by atomic mass is 9.71. The molecule has 3 amide bonds. The van der Waals surface area contributed by atoms with Gasteiger partial charge in [0.2, 0.25) is 23.6 Å². The molecule has 3 aliphatic rings. The van der Waals surface area contributed by atoms with E-state index in [9.17, 15) is 14.4 Å². The average molecular weight is 925 g/mol. The monoisotopic (exact) mass is 924 g/mol. The highest BCUT2D eigenvalue weighted by molar-refractivity contribution is 6.17. The molecule has 0 fully saturated rings. The molecule has 3 aliphatic heterocycles. The Morgan fingerprint density at radius 3 is 2.35 bits per heavy atom. The van der Waals surface area contributed by atoms with Crippen molar-refractivity contribution in [1.82, 2.24) is 25.2 Å². The van der Waals surface area contributed by atoms with Gasteiger partial charge in [-0.25, -0.2) is 19.6 Å². The highest BCUT2D eigenvalue weighted by Gasteiger charge is 2.57. The zero-order valence-electron chi connectivity index (χ0n) is 37.6. The SMILES string of the molecule is COCn1cc2c3c(cccc31)-c1cccc3c1NC(=O)[C@]31c3cc(ccc3OC(=O)OCc3ccccc3)C[C@H](NC(=O)OCc3ccccc3)C(=O)NC(C(C)C)c3nc(c1o3)-c1ncc-2o1. The molecule has 0 saturated heterocycles. The summed E-state index contributed by atoms with van der Waals surface area (Å²) in [6.45, 7) is 3.87. The Labute approximate surface area is 394 Å². The molecule has 5 aromatic carbocycles. The van der Waals surface area contributed by atoms with E-state index in [1.165, 1.54) is 6.07 Å². The Hall–Kier alpha value is -8.50. The standard InChI is InChI=1S/C53H44N6O10/c1-29(2)43-49-57-45-46(69-49)53(36-18-10-17-34(44(36)58-50(53)61)33-16-11-19-39-42(33)35(25-59(39)28-64-3)41-24-54-48(45)67-41)37-22-32(20-21-40(37)68-52(63)66-27-31-14-8-5-9-15-31)23-38(47(60)56-43)55-51(62)65-26-30-12-6-4-7-13-30/h4-22,24-25,29,38,43H,23,26-28H2,1-3H3,(H,55,62)(H,56,60)(H,58,61)/t38-,43?,53-/m0/s1. The van der Waals surface area contributed by atoms with Gasteiger partial charge in [-0.2, -0.15) is 0 Å². The van der Waals surface area contributed by atoms with E-state index < -0.39 is 41.6 Å². The van der Waals surface area contributed by atoms with Crippen LogP contribution in [-0.2, 0) is 55.6 Å².